The third-order valence-electron chi connectivity index (χ3n) is 8.94. The molecule has 0 spiro atoms. The van der Waals surface area contributed by atoms with Crippen molar-refractivity contribution in [2.75, 3.05) is 38.8 Å². The minimum Gasteiger partial charge on any atom is -0.460 e. The Hall–Kier alpha value is -1.45. The van der Waals surface area contributed by atoms with E-state index in [1.807, 2.05) is 11.8 Å². The van der Waals surface area contributed by atoms with E-state index in [4.69, 9.17) is 18.9 Å². The van der Waals surface area contributed by atoms with E-state index in [9.17, 15) is 9.59 Å². The maximum absolute atomic E-state index is 12.5. The minimum atomic E-state index is -0.372. The lowest BCUT2D eigenvalue weighted by Gasteiger charge is -2.31. The second kappa shape index (κ2) is 28.6. The highest BCUT2D eigenvalue weighted by molar-refractivity contribution is 8.02. The molecule has 1 amide bonds. The number of carbonyl (C=O) groups excluding carboxylic acids is 2. The number of unbranched alkanes of at least 4 members (excludes halogenated alkanes) is 17. The van der Waals surface area contributed by atoms with Crippen LogP contribution in [0.25, 0.3) is 0 Å². The number of esters is 1. The molecule has 46 heavy (non-hydrogen) atoms. The molecule has 3 atom stereocenters. The van der Waals surface area contributed by atoms with Crippen molar-refractivity contribution in [2.24, 2.45) is 0 Å². The van der Waals surface area contributed by atoms with Gasteiger partial charge in [0.25, 0.3) is 0 Å². The van der Waals surface area contributed by atoms with Crippen LogP contribution < -0.4 is 5.32 Å². The summed E-state index contributed by atoms with van der Waals surface area (Å²) >= 11 is 1.84. The van der Waals surface area contributed by atoms with Crippen molar-refractivity contribution >= 4 is 23.8 Å². The summed E-state index contributed by atoms with van der Waals surface area (Å²) in [5.74, 6) is 0.778. The topological polar surface area (TPSA) is 86.3 Å². The van der Waals surface area contributed by atoms with Crippen LogP contribution in [0, 0.1) is 0 Å². The first kappa shape index (κ1) is 40.7. The molecule has 9 heteroatoms. The van der Waals surface area contributed by atoms with Gasteiger partial charge < -0.3 is 29.2 Å². The molecule has 0 radical (unpaired) electrons. The fourth-order valence-electron chi connectivity index (χ4n) is 6.19. The van der Waals surface area contributed by atoms with Gasteiger partial charge in [0.15, 0.2) is 0 Å². The van der Waals surface area contributed by atoms with Crippen LogP contribution in [-0.4, -0.2) is 74.1 Å². The Balaban J connectivity index is 1.47. The van der Waals surface area contributed by atoms with Crippen LogP contribution in [0.5, 0.6) is 0 Å². The number of thioether (sulfide) groups is 1. The number of carbonyl (C=O) groups is 2. The third-order valence-corrected chi connectivity index (χ3v) is 9.73. The molecule has 2 heterocycles. The van der Waals surface area contributed by atoms with Crippen molar-refractivity contribution < 1.29 is 28.5 Å². The summed E-state index contributed by atoms with van der Waals surface area (Å²) in [6, 6.07) is 0. The van der Waals surface area contributed by atoms with Crippen molar-refractivity contribution in [1.29, 1.82) is 0 Å². The quantitative estimate of drug-likeness (QED) is 0.0623. The van der Waals surface area contributed by atoms with Crippen LogP contribution in [0.2, 0.25) is 0 Å². The second-order valence-electron chi connectivity index (χ2n) is 13.2. The van der Waals surface area contributed by atoms with Crippen molar-refractivity contribution in [3.05, 3.63) is 11.6 Å². The summed E-state index contributed by atoms with van der Waals surface area (Å²) in [6.07, 6.45) is 27.6. The molecule has 1 N–H and O–H groups in total. The van der Waals surface area contributed by atoms with Gasteiger partial charge in [0.05, 0.1) is 19.1 Å². The Labute approximate surface area is 285 Å². The van der Waals surface area contributed by atoms with Gasteiger partial charge in [-0.25, -0.2) is 4.79 Å². The highest BCUT2D eigenvalue weighted by Crippen LogP contribution is 2.20. The van der Waals surface area contributed by atoms with E-state index in [0.29, 0.717) is 26.4 Å². The summed E-state index contributed by atoms with van der Waals surface area (Å²) < 4.78 is 23.1. The van der Waals surface area contributed by atoms with Crippen LogP contribution in [-0.2, 0) is 23.7 Å². The number of alkyl carbamates (subject to hydrolysis) is 1. The summed E-state index contributed by atoms with van der Waals surface area (Å²) in [5, 5.41) is 5.07. The number of amides is 1. The number of ether oxygens (including phenoxy) is 4. The highest BCUT2D eigenvalue weighted by Gasteiger charge is 2.30. The summed E-state index contributed by atoms with van der Waals surface area (Å²) in [4.78, 5) is 26.5. The molecule has 0 aliphatic carbocycles. The van der Waals surface area contributed by atoms with E-state index in [0.717, 1.165) is 57.4 Å². The number of hydrogen-bond donors (Lipinski definition) is 1. The molecule has 1 fully saturated rings. The zero-order chi connectivity index (χ0) is 32.9. The number of hydrogen-bond acceptors (Lipinski definition) is 8. The van der Waals surface area contributed by atoms with Gasteiger partial charge in [0.1, 0.15) is 18.3 Å². The van der Waals surface area contributed by atoms with E-state index < -0.39 is 0 Å². The van der Waals surface area contributed by atoms with Gasteiger partial charge in [0.2, 0.25) is 0 Å². The molecule has 2 rings (SSSR count). The smallest absolute Gasteiger partial charge is 0.407 e. The molecule has 0 bridgehead atoms. The molecule has 0 aromatic carbocycles. The Morgan fingerprint density at radius 2 is 1.52 bits per heavy atom. The lowest BCUT2D eigenvalue weighted by atomic mass is 10.0. The average Bonchev–Trinajstić information content (AvgIpc) is 3.56. The van der Waals surface area contributed by atoms with Gasteiger partial charge in [-0.05, 0) is 43.9 Å². The van der Waals surface area contributed by atoms with E-state index in [1.54, 1.807) is 0 Å². The van der Waals surface area contributed by atoms with Crippen molar-refractivity contribution in [3.63, 3.8) is 0 Å². The SMILES string of the molecule is CCCCCCCCCCCCCCCCCNC(=O)OC1CCCOC1COCC(CCCCCCN1C=CSC1)OC(C)=O. The van der Waals surface area contributed by atoms with E-state index in [1.165, 1.54) is 103 Å². The lowest BCUT2D eigenvalue weighted by molar-refractivity contribution is -0.153. The van der Waals surface area contributed by atoms with E-state index >= 15 is 0 Å². The van der Waals surface area contributed by atoms with Crippen LogP contribution in [0.4, 0.5) is 4.79 Å². The zero-order valence-electron chi connectivity index (χ0n) is 29.5. The maximum Gasteiger partial charge on any atom is 0.407 e. The molecule has 268 valence electrons. The summed E-state index contributed by atoms with van der Waals surface area (Å²) in [7, 11) is 0. The molecular weight excluding hydrogens is 600 g/mol. The first-order valence-corrected chi connectivity index (χ1v) is 20.0. The van der Waals surface area contributed by atoms with Gasteiger partial charge in [0, 0.05) is 32.8 Å². The van der Waals surface area contributed by atoms with Crippen molar-refractivity contribution in [2.45, 2.75) is 173 Å². The molecule has 0 saturated carbocycles. The van der Waals surface area contributed by atoms with Crippen molar-refractivity contribution in [1.82, 2.24) is 10.2 Å². The summed E-state index contributed by atoms with van der Waals surface area (Å²) in [6.45, 7) is 6.74. The zero-order valence-corrected chi connectivity index (χ0v) is 30.3. The van der Waals surface area contributed by atoms with Crippen molar-refractivity contribution in [3.8, 4) is 0 Å². The van der Waals surface area contributed by atoms with Gasteiger partial charge in [-0.1, -0.05) is 110 Å². The molecule has 0 aromatic heterocycles. The first-order chi connectivity index (χ1) is 22.6. The maximum atomic E-state index is 12.5. The molecule has 1 saturated heterocycles. The molecule has 0 aromatic rings. The number of nitrogens with one attached hydrogen (secondary N) is 1. The molecule has 2 aliphatic heterocycles. The van der Waals surface area contributed by atoms with Crippen LogP contribution in [0.1, 0.15) is 155 Å². The largest absolute Gasteiger partial charge is 0.460 e. The Morgan fingerprint density at radius 1 is 0.891 bits per heavy atom. The van der Waals surface area contributed by atoms with Gasteiger partial charge in [-0.3, -0.25) is 4.79 Å². The summed E-state index contributed by atoms with van der Waals surface area (Å²) in [5.41, 5.74) is 0. The van der Waals surface area contributed by atoms with Gasteiger partial charge in [-0.15, -0.1) is 11.8 Å². The Morgan fingerprint density at radius 3 is 2.15 bits per heavy atom. The predicted molar refractivity (Wildman–Crippen MR) is 190 cm³/mol. The fourth-order valence-corrected chi connectivity index (χ4v) is 6.94. The minimum absolute atomic E-state index is 0.267. The first-order valence-electron chi connectivity index (χ1n) is 18.9. The normalized spacial score (nSPS) is 18.5. The standard InChI is InChI=1S/C37H68N2O6S/c1-3-4-5-6-7-8-9-10-11-12-13-14-15-17-20-25-38-37(41)45-35-24-22-28-43-36(35)31-42-30-34(44-33(2)40)23-19-16-18-21-26-39-27-29-46-32-39/h27,29,34-36H,3-26,28,30-32H2,1-2H3,(H,38,41). The Bertz CT molecular complexity index is 785. The van der Waals surface area contributed by atoms with Crippen LogP contribution in [0.3, 0.4) is 0 Å². The predicted octanol–water partition coefficient (Wildman–Crippen LogP) is 9.51. The number of nitrogens with zero attached hydrogens (tertiary/aromatic N) is 1. The lowest BCUT2D eigenvalue weighted by Crippen LogP contribution is -2.43. The molecule has 8 nitrogen and oxygen atoms in total. The van der Waals surface area contributed by atoms with E-state index in [2.05, 4.69) is 28.7 Å². The van der Waals surface area contributed by atoms with Crippen LogP contribution >= 0.6 is 11.8 Å². The third kappa shape index (κ3) is 22.2. The number of rotatable bonds is 29. The average molecular weight is 669 g/mol. The second-order valence-corrected chi connectivity index (χ2v) is 14.1. The highest BCUT2D eigenvalue weighted by atomic mass is 32.2. The molecule has 3 unspecified atom stereocenters. The van der Waals surface area contributed by atoms with E-state index in [-0.39, 0.29) is 30.4 Å². The Kier molecular flexibility index (Phi) is 25.3. The fraction of sp³-hybridized carbons (Fsp3) is 0.892. The monoisotopic (exact) mass is 668 g/mol. The van der Waals surface area contributed by atoms with Gasteiger partial charge in [-0.2, -0.15) is 0 Å². The molecular formula is C37H68N2O6S. The van der Waals surface area contributed by atoms with Crippen LogP contribution in [0.15, 0.2) is 11.6 Å². The molecule has 2 aliphatic rings. The van der Waals surface area contributed by atoms with Gasteiger partial charge >= 0.3 is 12.1 Å².